The van der Waals surface area contributed by atoms with Gasteiger partial charge < -0.3 is 0 Å². The second-order valence-corrected chi connectivity index (χ2v) is 9.02. The van der Waals surface area contributed by atoms with Crippen molar-refractivity contribution in [2.45, 2.75) is 65.7 Å². The second kappa shape index (κ2) is 4.36. The maximum atomic E-state index is 2.51. The van der Waals surface area contributed by atoms with E-state index in [-0.39, 0.29) is 0 Å². The second-order valence-electron chi connectivity index (χ2n) is 9.02. The van der Waals surface area contributed by atoms with E-state index in [1.807, 2.05) is 0 Å². The van der Waals surface area contributed by atoms with E-state index in [0.717, 1.165) is 11.8 Å². The molecule has 0 heteroatoms. The van der Waals surface area contributed by atoms with Crippen LogP contribution in [0.2, 0.25) is 0 Å². The van der Waals surface area contributed by atoms with Crippen LogP contribution in [-0.4, -0.2) is 0 Å². The fraction of sp³-hybridized carbons (Fsp3) is 0.700. The fourth-order valence-electron chi connectivity index (χ4n) is 5.33. The van der Waals surface area contributed by atoms with Gasteiger partial charge in [0.05, 0.1) is 0 Å². The van der Waals surface area contributed by atoms with Crippen LogP contribution in [-0.2, 0) is 5.41 Å². The zero-order valence-corrected chi connectivity index (χ0v) is 13.9. The van der Waals surface area contributed by atoms with E-state index in [0.29, 0.717) is 16.2 Å². The van der Waals surface area contributed by atoms with Crippen LogP contribution in [0, 0.1) is 22.7 Å². The van der Waals surface area contributed by atoms with Gasteiger partial charge in [0.1, 0.15) is 0 Å². The molecule has 2 fully saturated rings. The molecule has 1 aromatic carbocycles. The molecule has 3 unspecified atom stereocenters. The van der Waals surface area contributed by atoms with Gasteiger partial charge in [0.25, 0.3) is 0 Å². The van der Waals surface area contributed by atoms with Crippen molar-refractivity contribution in [3.8, 4) is 0 Å². The van der Waals surface area contributed by atoms with Crippen molar-refractivity contribution in [1.82, 2.24) is 0 Å². The number of rotatable bonds is 1. The maximum Gasteiger partial charge on any atom is -0.00363 e. The molecule has 2 bridgehead atoms. The Morgan fingerprint density at radius 3 is 2.20 bits per heavy atom. The highest BCUT2D eigenvalue weighted by Crippen LogP contribution is 2.63. The largest absolute Gasteiger partial charge is 0.0622 e. The molecule has 2 saturated carbocycles. The molecule has 0 heterocycles. The predicted octanol–water partition coefficient (Wildman–Crippen LogP) is 5.82. The van der Waals surface area contributed by atoms with Gasteiger partial charge in [0, 0.05) is 0 Å². The molecular weight excluding hydrogens is 240 g/mol. The topological polar surface area (TPSA) is 0 Å². The molecule has 0 amide bonds. The molecule has 110 valence electrons. The molecule has 2 aliphatic carbocycles. The van der Waals surface area contributed by atoms with Gasteiger partial charge in [-0.3, -0.25) is 0 Å². The van der Waals surface area contributed by atoms with Crippen LogP contribution >= 0.6 is 0 Å². The highest BCUT2D eigenvalue weighted by Gasteiger charge is 2.55. The van der Waals surface area contributed by atoms with Crippen molar-refractivity contribution in [2.75, 3.05) is 0 Å². The van der Waals surface area contributed by atoms with Crippen LogP contribution < -0.4 is 0 Å². The zero-order valence-electron chi connectivity index (χ0n) is 13.9. The van der Waals surface area contributed by atoms with Gasteiger partial charge in [-0.25, -0.2) is 0 Å². The maximum absolute atomic E-state index is 2.51. The standard InChI is InChI=1S/C20H30/c1-15-11-20(16-9-7-6-8-10-16)13-17(19(15,4)5)12-18(2,3)14-20/h6-10,15,17H,11-14H2,1-5H3. The molecule has 0 nitrogen and oxygen atoms in total. The first-order chi connectivity index (χ1) is 9.25. The molecule has 1 aromatic rings. The number of hydrogen-bond acceptors (Lipinski definition) is 0. The Morgan fingerprint density at radius 1 is 0.900 bits per heavy atom. The molecule has 0 spiro atoms. The Bertz CT molecular complexity index is 478. The smallest absolute Gasteiger partial charge is 0.00363 e. The van der Waals surface area contributed by atoms with Crippen LogP contribution in [0.4, 0.5) is 0 Å². The molecule has 0 N–H and O–H groups in total. The lowest BCUT2D eigenvalue weighted by Gasteiger charge is -2.60. The van der Waals surface area contributed by atoms with Crippen molar-refractivity contribution in [2.24, 2.45) is 22.7 Å². The summed E-state index contributed by atoms with van der Waals surface area (Å²) in [6, 6.07) is 11.4. The van der Waals surface area contributed by atoms with Gasteiger partial charge in [-0.15, -0.1) is 0 Å². The normalized spacial score (nSPS) is 38.5. The van der Waals surface area contributed by atoms with Crippen molar-refractivity contribution >= 4 is 0 Å². The SMILES string of the molecule is CC1CC2(c3ccccc3)CC(CC(C)(C)C2)C1(C)C. The molecule has 0 saturated heterocycles. The lowest BCUT2D eigenvalue weighted by Crippen LogP contribution is -2.52. The van der Waals surface area contributed by atoms with E-state index < -0.39 is 0 Å². The highest BCUT2D eigenvalue weighted by molar-refractivity contribution is 5.29. The summed E-state index contributed by atoms with van der Waals surface area (Å²) in [5, 5.41) is 0. The molecule has 20 heavy (non-hydrogen) atoms. The van der Waals surface area contributed by atoms with Gasteiger partial charge >= 0.3 is 0 Å². The fourth-order valence-corrected chi connectivity index (χ4v) is 5.33. The first-order valence-corrected chi connectivity index (χ1v) is 8.31. The third kappa shape index (κ3) is 2.12. The third-order valence-electron chi connectivity index (χ3n) is 6.66. The first-order valence-electron chi connectivity index (χ1n) is 8.31. The van der Waals surface area contributed by atoms with Gasteiger partial charge in [-0.05, 0) is 59.3 Å². The number of fused-ring (bicyclic) bond motifs is 2. The van der Waals surface area contributed by atoms with Crippen molar-refractivity contribution in [1.29, 1.82) is 0 Å². The molecule has 3 rings (SSSR count). The number of hydrogen-bond donors (Lipinski definition) is 0. The Kier molecular flexibility index (Phi) is 3.09. The highest BCUT2D eigenvalue weighted by atomic mass is 14.6. The Morgan fingerprint density at radius 2 is 1.55 bits per heavy atom. The average Bonchev–Trinajstić information content (AvgIpc) is 2.36. The lowest BCUT2D eigenvalue weighted by atomic mass is 9.44. The van der Waals surface area contributed by atoms with Crippen LogP contribution in [0.1, 0.15) is 65.9 Å². The Balaban J connectivity index is 2.06. The summed E-state index contributed by atoms with van der Waals surface area (Å²) in [5.74, 6) is 1.69. The average molecular weight is 270 g/mol. The lowest BCUT2D eigenvalue weighted by molar-refractivity contribution is -0.0595. The van der Waals surface area contributed by atoms with E-state index in [1.165, 1.54) is 25.7 Å². The first kappa shape index (κ1) is 14.2. The summed E-state index contributed by atoms with van der Waals surface area (Å²) in [6.07, 6.45) is 5.53. The summed E-state index contributed by atoms with van der Waals surface area (Å²) < 4.78 is 0. The van der Waals surface area contributed by atoms with Crippen molar-refractivity contribution in [3.63, 3.8) is 0 Å². The summed E-state index contributed by atoms with van der Waals surface area (Å²) in [5.41, 5.74) is 3.01. The molecular formula is C20H30. The molecule has 3 atom stereocenters. The van der Waals surface area contributed by atoms with E-state index >= 15 is 0 Å². The summed E-state index contributed by atoms with van der Waals surface area (Å²) >= 11 is 0. The van der Waals surface area contributed by atoms with E-state index in [1.54, 1.807) is 5.56 Å². The molecule has 2 aliphatic rings. The molecule has 0 aliphatic heterocycles. The minimum absolute atomic E-state index is 0.433. The van der Waals surface area contributed by atoms with Crippen LogP contribution in [0.3, 0.4) is 0 Å². The summed E-state index contributed by atoms with van der Waals surface area (Å²) in [4.78, 5) is 0. The van der Waals surface area contributed by atoms with Gasteiger partial charge in [-0.1, -0.05) is 65.0 Å². The predicted molar refractivity (Wildman–Crippen MR) is 86.8 cm³/mol. The minimum atomic E-state index is 0.433. The van der Waals surface area contributed by atoms with E-state index in [2.05, 4.69) is 65.0 Å². The van der Waals surface area contributed by atoms with Crippen molar-refractivity contribution < 1.29 is 0 Å². The number of benzene rings is 1. The summed E-state index contributed by atoms with van der Waals surface area (Å²) in [7, 11) is 0. The molecule has 0 radical (unpaired) electrons. The Hall–Kier alpha value is -0.780. The van der Waals surface area contributed by atoms with Crippen LogP contribution in [0.25, 0.3) is 0 Å². The quantitative estimate of drug-likeness (QED) is 0.603. The van der Waals surface area contributed by atoms with Gasteiger partial charge in [0.2, 0.25) is 0 Å². The third-order valence-corrected chi connectivity index (χ3v) is 6.66. The zero-order chi connectivity index (χ0) is 14.6. The van der Waals surface area contributed by atoms with E-state index in [9.17, 15) is 0 Å². The molecule has 0 aromatic heterocycles. The van der Waals surface area contributed by atoms with E-state index in [4.69, 9.17) is 0 Å². The van der Waals surface area contributed by atoms with Crippen LogP contribution in [0.5, 0.6) is 0 Å². The van der Waals surface area contributed by atoms with Gasteiger partial charge in [-0.2, -0.15) is 0 Å². The van der Waals surface area contributed by atoms with Gasteiger partial charge in [0.15, 0.2) is 0 Å². The van der Waals surface area contributed by atoms with Crippen molar-refractivity contribution in [3.05, 3.63) is 35.9 Å². The summed E-state index contributed by atoms with van der Waals surface area (Å²) in [6.45, 7) is 12.5. The van der Waals surface area contributed by atoms with Crippen LogP contribution in [0.15, 0.2) is 30.3 Å². The Labute approximate surface area is 125 Å². The minimum Gasteiger partial charge on any atom is -0.0622 e. The monoisotopic (exact) mass is 270 g/mol.